The minimum Gasteiger partial charge on any atom is -0.485 e. The number of hydrazine groups is 1. The summed E-state index contributed by atoms with van der Waals surface area (Å²) in [7, 11) is 0. The monoisotopic (exact) mass is 356 g/mol. The number of nitrogens with one attached hydrogen (secondary N) is 2. The van der Waals surface area contributed by atoms with E-state index in [1.54, 1.807) is 36.4 Å². The number of para-hydroxylation sites is 2. The van der Waals surface area contributed by atoms with Gasteiger partial charge in [-0.1, -0.05) is 12.1 Å². The molecule has 0 spiro atoms. The van der Waals surface area contributed by atoms with E-state index in [0.29, 0.717) is 29.4 Å². The molecule has 8 heteroatoms. The Kier molecular flexibility index (Phi) is 4.32. The van der Waals surface area contributed by atoms with Crippen LogP contribution in [0.1, 0.15) is 15.9 Å². The van der Waals surface area contributed by atoms with E-state index in [2.05, 4.69) is 10.9 Å². The number of carbonyl (C=O) groups is 2. The molecule has 0 saturated heterocycles. The number of fused-ring (bicyclic) bond motifs is 2. The van der Waals surface area contributed by atoms with Crippen LogP contribution in [0.4, 0.5) is 0 Å². The first kappa shape index (κ1) is 16.2. The van der Waals surface area contributed by atoms with Crippen LogP contribution in [0.25, 0.3) is 0 Å². The van der Waals surface area contributed by atoms with Crippen molar-refractivity contribution in [2.24, 2.45) is 0 Å². The first-order valence-electron chi connectivity index (χ1n) is 8.03. The zero-order valence-corrected chi connectivity index (χ0v) is 13.7. The van der Waals surface area contributed by atoms with Crippen molar-refractivity contribution in [3.63, 3.8) is 0 Å². The van der Waals surface area contributed by atoms with Crippen LogP contribution in [0, 0.1) is 0 Å². The van der Waals surface area contributed by atoms with Crippen molar-refractivity contribution in [3.8, 4) is 17.2 Å². The number of hydrogen-bond acceptors (Lipinski definition) is 6. The molecule has 0 aromatic heterocycles. The Balaban J connectivity index is 1.35. The first-order valence-corrected chi connectivity index (χ1v) is 8.03. The number of benzene rings is 2. The molecule has 0 bridgehead atoms. The van der Waals surface area contributed by atoms with Crippen molar-refractivity contribution < 1.29 is 28.5 Å². The predicted molar refractivity (Wildman–Crippen MR) is 88.7 cm³/mol. The summed E-state index contributed by atoms with van der Waals surface area (Å²) in [6.45, 7) is 0.628. The summed E-state index contributed by atoms with van der Waals surface area (Å²) in [5.74, 6) is 0.795. The highest BCUT2D eigenvalue weighted by Gasteiger charge is 2.27. The molecule has 2 amide bonds. The van der Waals surface area contributed by atoms with E-state index < -0.39 is 17.9 Å². The lowest BCUT2D eigenvalue weighted by molar-refractivity contribution is -0.131. The van der Waals surface area contributed by atoms with Gasteiger partial charge in [0.1, 0.15) is 12.4 Å². The Labute approximate surface area is 149 Å². The largest absolute Gasteiger partial charge is 0.485 e. The van der Waals surface area contributed by atoms with Gasteiger partial charge < -0.3 is 18.9 Å². The lowest BCUT2D eigenvalue weighted by Crippen LogP contribution is -2.50. The molecular formula is C18H16N2O6. The maximum absolute atomic E-state index is 12.2. The fraction of sp³-hybridized carbons (Fsp3) is 0.222. The fourth-order valence-corrected chi connectivity index (χ4v) is 2.65. The summed E-state index contributed by atoms with van der Waals surface area (Å²) in [6, 6.07) is 12.0. The van der Waals surface area contributed by atoms with E-state index in [1.807, 2.05) is 6.07 Å². The predicted octanol–water partition coefficient (Wildman–Crippen LogP) is 1.15. The van der Waals surface area contributed by atoms with Crippen LogP contribution in [-0.2, 0) is 16.1 Å². The molecule has 0 unspecified atom stereocenters. The van der Waals surface area contributed by atoms with Crippen LogP contribution >= 0.6 is 0 Å². The third-order valence-electron chi connectivity index (χ3n) is 3.98. The van der Waals surface area contributed by atoms with E-state index in [0.717, 1.165) is 5.56 Å². The second-order valence-electron chi connectivity index (χ2n) is 5.74. The maximum atomic E-state index is 12.2. The Hall–Kier alpha value is -3.26. The SMILES string of the molecule is O=C(NNC(=O)[C@H]1COc2ccccc2O1)c1ccc2c(c1)COCO2. The summed E-state index contributed by atoms with van der Waals surface area (Å²) in [6.07, 6.45) is -0.851. The normalized spacial score (nSPS) is 17.5. The molecule has 2 aliphatic heterocycles. The van der Waals surface area contributed by atoms with E-state index >= 15 is 0 Å². The molecule has 0 saturated carbocycles. The van der Waals surface area contributed by atoms with Crippen molar-refractivity contribution in [3.05, 3.63) is 53.6 Å². The van der Waals surface area contributed by atoms with Gasteiger partial charge in [0.25, 0.3) is 11.8 Å². The standard InChI is InChI=1S/C18H16N2O6/c21-17(11-5-6-13-12(7-11)8-23-10-25-13)19-20-18(22)16-9-24-14-3-1-2-4-15(14)26-16/h1-7,16H,8-10H2,(H,19,21)(H,20,22)/t16-/m1/s1. The summed E-state index contributed by atoms with van der Waals surface area (Å²) in [5, 5.41) is 0. The van der Waals surface area contributed by atoms with Gasteiger partial charge in [0.2, 0.25) is 6.10 Å². The molecule has 2 aromatic carbocycles. The number of amides is 2. The average Bonchev–Trinajstić information content (AvgIpc) is 2.71. The molecule has 0 fully saturated rings. The van der Waals surface area contributed by atoms with Crippen molar-refractivity contribution >= 4 is 11.8 Å². The second kappa shape index (κ2) is 6.93. The highest BCUT2D eigenvalue weighted by atomic mass is 16.7. The van der Waals surface area contributed by atoms with Gasteiger partial charge in [-0.3, -0.25) is 20.4 Å². The quantitative estimate of drug-likeness (QED) is 0.784. The van der Waals surface area contributed by atoms with E-state index in [4.69, 9.17) is 18.9 Å². The maximum Gasteiger partial charge on any atom is 0.283 e. The van der Waals surface area contributed by atoms with Gasteiger partial charge in [-0.2, -0.15) is 0 Å². The summed E-state index contributed by atoms with van der Waals surface area (Å²) in [4.78, 5) is 24.4. The molecule has 2 heterocycles. The molecule has 4 rings (SSSR count). The molecule has 26 heavy (non-hydrogen) atoms. The van der Waals surface area contributed by atoms with Crippen molar-refractivity contribution in [2.45, 2.75) is 12.7 Å². The highest BCUT2D eigenvalue weighted by molar-refractivity contribution is 5.96. The minimum atomic E-state index is -0.851. The smallest absolute Gasteiger partial charge is 0.283 e. The molecule has 8 nitrogen and oxygen atoms in total. The van der Waals surface area contributed by atoms with Gasteiger partial charge in [0.05, 0.1) is 6.61 Å². The van der Waals surface area contributed by atoms with Crippen molar-refractivity contribution in [1.29, 1.82) is 0 Å². The minimum absolute atomic E-state index is 0.0617. The lowest BCUT2D eigenvalue weighted by Gasteiger charge is -2.25. The molecule has 2 aromatic rings. The average molecular weight is 356 g/mol. The number of rotatable bonds is 2. The topological polar surface area (TPSA) is 95.1 Å². The fourth-order valence-electron chi connectivity index (χ4n) is 2.65. The zero-order valence-electron chi connectivity index (χ0n) is 13.7. The van der Waals surface area contributed by atoms with Crippen LogP contribution in [-0.4, -0.2) is 31.3 Å². The Morgan fingerprint density at radius 3 is 2.69 bits per heavy atom. The van der Waals surface area contributed by atoms with Crippen LogP contribution in [0.15, 0.2) is 42.5 Å². The molecular weight excluding hydrogens is 340 g/mol. The van der Waals surface area contributed by atoms with Crippen LogP contribution in [0.2, 0.25) is 0 Å². The molecule has 0 aliphatic carbocycles. The summed E-state index contributed by atoms with van der Waals surface area (Å²) < 4.78 is 21.6. The lowest BCUT2D eigenvalue weighted by atomic mass is 10.1. The van der Waals surface area contributed by atoms with E-state index in [9.17, 15) is 9.59 Å². The third-order valence-corrected chi connectivity index (χ3v) is 3.98. The number of ether oxygens (including phenoxy) is 4. The van der Waals surface area contributed by atoms with Crippen LogP contribution < -0.4 is 25.1 Å². The third kappa shape index (κ3) is 3.27. The Morgan fingerprint density at radius 2 is 1.81 bits per heavy atom. The van der Waals surface area contributed by atoms with Crippen molar-refractivity contribution in [1.82, 2.24) is 10.9 Å². The van der Waals surface area contributed by atoms with Gasteiger partial charge in [-0.25, -0.2) is 0 Å². The summed E-state index contributed by atoms with van der Waals surface area (Å²) >= 11 is 0. The molecule has 2 aliphatic rings. The van der Waals surface area contributed by atoms with Gasteiger partial charge >= 0.3 is 0 Å². The summed E-state index contributed by atoms with van der Waals surface area (Å²) in [5.41, 5.74) is 5.88. The highest BCUT2D eigenvalue weighted by Crippen LogP contribution is 2.30. The Bertz CT molecular complexity index is 853. The van der Waals surface area contributed by atoms with Crippen LogP contribution in [0.3, 0.4) is 0 Å². The van der Waals surface area contributed by atoms with Gasteiger partial charge in [-0.15, -0.1) is 0 Å². The molecule has 2 N–H and O–H groups in total. The van der Waals surface area contributed by atoms with E-state index in [1.165, 1.54) is 0 Å². The first-order chi connectivity index (χ1) is 12.7. The number of carbonyl (C=O) groups excluding carboxylic acids is 2. The zero-order chi connectivity index (χ0) is 17.9. The van der Waals surface area contributed by atoms with E-state index in [-0.39, 0.29) is 13.4 Å². The molecule has 0 radical (unpaired) electrons. The van der Waals surface area contributed by atoms with Gasteiger partial charge in [-0.05, 0) is 30.3 Å². The van der Waals surface area contributed by atoms with Crippen LogP contribution in [0.5, 0.6) is 17.2 Å². The van der Waals surface area contributed by atoms with Gasteiger partial charge in [0, 0.05) is 11.1 Å². The van der Waals surface area contributed by atoms with Crippen molar-refractivity contribution in [2.75, 3.05) is 13.4 Å². The van der Waals surface area contributed by atoms with Gasteiger partial charge in [0.15, 0.2) is 18.3 Å². The second-order valence-corrected chi connectivity index (χ2v) is 5.74. The molecule has 1 atom stereocenters. The number of hydrogen-bond donors (Lipinski definition) is 2. The Morgan fingerprint density at radius 1 is 0.962 bits per heavy atom. The molecule has 134 valence electrons.